The van der Waals surface area contributed by atoms with Crippen LogP contribution in [0.4, 0.5) is 17.1 Å². The molecule has 0 saturated heterocycles. The van der Waals surface area contributed by atoms with Gasteiger partial charge in [-0.2, -0.15) is 5.26 Å². The van der Waals surface area contributed by atoms with Crippen molar-refractivity contribution in [2.45, 2.75) is 6.92 Å². The average molecular weight is 462 g/mol. The lowest BCUT2D eigenvalue weighted by Crippen LogP contribution is -2.40. The topological polar surface area (TPSA) is 74.5 Å². The second kappa shape index (κ2) is 8.38. The number of halogens is 1. The van der Waals surface area contributed by atoms with Gasteiger partial charge in [0.05, 0.1) is 22.4 Å². The van der Waals surface area contributed by atoms with Crippen LogP contribution in [0.3, 0.4) is 0 Å². The SMILES string of the molecule is Cc1ccccc1N(c1c(C#N)cnc2ncsc12)N(C1=COCO1)c1cccc(Cl)c1. The number of anilines is 3. The summed E-state index contributed by atoms with van der Waals surface area (Å²) in [7, 11) is 0. The fourth-order valence-corrected chi connectivity index (χ4v) is 4.48. The van der Waals surface area contributed by atoms with Gasteiger partial charge in [-0.25, -0.2) is 20.0 Å². The molecule has 32 heavy (non-hydrogen) atoms. The first-order chi connectivity index (χ1) is 15.7. The largest absolute Gasteiger partial charge is 0.459 e. The van der Waals surface area contributed by atoms with Crippen LogP contribution < -0.4 is 10.0 Å². The lowest BCUT2D eigenvalue weighted by molar-refractivity contribution is 0.0784. The molecule has 0 atom stereocenters. The van der Waals surface area contributed by atoms with Crippen molar-refractivity contribution in [1.82, 2.24) is 9.97 Å². The van der Waals surface area contributed by atoms with E-state index in [0.29, 0.717) is 27.8 Å². The van der Waals surface area contributed by atoms with Gasteiger partial charge in [0.2, 0.25) is 6.79 Å². The van der Waals surface area contributed by atoms with Gasteiger partial charge in [-0.15, -0.1) is 11.3 Å². The molecule has 2 aromatic heterocycles. The Bertz CT molecular complexity index is 1380. The van der Waals surface area contributed by atoms with Gasteiger partial charge in [0.15, 0.2) is 5.65 Å². The molecule has 5 rings (SSSR count). The van der Waals surface area contributed by atoms with Gasteiger partial charge in [-0.1, -0.05) is 35.9 Å². The van der Waals surface area contributed by atoms with Crippen LogP contribution in [0.25, 0.3) is 10.3 Å². The van der Waals surface area contributed by atoms with Crippen molar-refractivity contribution < 1.29 is 9.47 Å². The molecule has 0 radical (unpaired) electrons. The molecular formula is C23H16ClN5O2S. The van der Waals surface area contributed by atoms with Crippen molar-refractivity contribution in [3.05, 3.63) is 88.5 Å². The van der Waals surface area contributed by atoms with E-state index in [4.69, 9.17) is 21.1 Å². The maximum atomic E-state index is 10.00. The maximum Gasteiger partial charge on any atom is 0.252 e. The van der Waals surface area contributed by atoms with E-state index in [1.54, 1.807) is 24.0 Å². The number of aryl methyl sites for hydroxylation is 1. The Morgan fingerprint density at radius 3 is 2.75 bits per heavy atom. The third-order valence-corrected chi connectivity index (χ3v) is 5.99. The summed E-state index contributed by atoms with van der Waals surface area (Å²) in [6.07, 6.45) is 3.09. The molecule has 2 aromatic carbocycles. The zero-order valence-corrected chi connectivity index (χ0v) is 18.5. The molecule has 158 valence electrons. The van der Waals surface area contributed by atoms with Crippen LogP contribution in [0.2, 0.25) is 5.02 Å². The minimum atomic E-state index is 0.0887. The summed E-state index contributed by atoms with van der Waals surface area (Å²) < 4.78 is 12.0. The highest BCUT2D eigenvalue weighted by Gasteiger charge is 2.31. The summed E-state index contributed by atoms with van der Waals surface area (Å²) in [5, 5.41) is 14.3. The van der Waals surface area contributed by atoms with Crippen molar-refractivity contribution in [2.24, 2.45) is 0 Å². The number of hydrogen-bond acceptors (Lipinski definition) is 8. The van der Waals surface area contributed by atoms with Crippen LogP contribution in [0.5, 0.6) is 0 Å². The van der Waals surface area contributed by atoms with E-state index < -0.39 is 0 Å². The van der Waals surface area contributed by atoms with Crippen molar-refractivity contribution in [1.29, 1.82) is 5.26 Å². The Hall–Kier alpha value is -3.80. The van der Waals surface area contributed by atoms with Crippen LogP contribution in [-0.2, 0) is 9.47 Å². The monoisotopic (exact) mass is 461 g/mol. The molecule has 0 bridgehead atoms. The summed E-state index contributed by atoms with van der Waals surface area (Å²) in [4.78, 5) is 8.71. The number of rotatable bonds is 5. The van der Waals surface area contributed by atoms with E-state index in [9.17, 15) is 5.26 Å². The molecule has 0 fully saturated rings. The molecule has 1 aliphatic heterocycles. The summed E-state index contributed by atoms with van der Waals surface area (Å²) in [5.74, 6) is 0.453. The molecule has 0 saturated carbocycles. The number of ether oxygens (including phenoxy) is 2. The first kappa shape index (κ1) is 20.1. The minimum Gasteiger partial charge on any atom is -0.459 e. The Morgan fingerprint density at radius 2 is 2.00 bits per heavy atom. The van der Waals surface area contributed by atoms with Crippen LogP contribution in [-0.4, -0.2) is 16.8 Å². The molecule has 1 aliphatic rings. The van der Waals surface area contributed by atoms with E-state index in [1.165, 1.54) is 11.3 Å². The number of para-hydroxylation sites is 1. The molecule has 0 spiro atoms. The second-order valence-electron chi connectivity index (χ2n) is 6.91. The number of pyridine rings is 1. The molecular weight excluding hydrogens is 446 g/mol. The summed E-state index contributed by atoms with van der Waals surface area (Å²) in [5.41, 5.74) is 5.90. The van der Waals surface area contributed by atoms with Crippen molar-refractivity contribution in [3.63, 3.8) is 0 Å². The van der Waals surface area contributed by atoms with Crippen molar-refractivity contribution in [3.8, 4) is 6.07 Å². The molecule has 4 aromatic rings. The Kier molecular flexibility index (Phi) is 5.27. The zero-order valence-electron chi connectivity index (χ0n) is 16.9. The fraction of sp³-hybridized carbons (Fsp3) is 0.0870. The van der Waals surface area contributed by atoms with Crippen LogP contribution in [0, 0.1) is 18.3 Å². The molecule has 3 heterocycles. The Labute approximate surface area is 193 Å². The van der Waals surface area contributed by atoms with Gasteiger partial charge in [-0.05, 0) is 36.8 Å². The van der Waals surface area contributed by atoms with Gasteiger partial charge < -0.3 is 9.47 Å². The van der Waals surface area contributed by atoms with Crippen LogP contribution in [0.1, 0.15) is 11.1 Å². The highest BCUT2D eigenvalue weighted by molar-refractivity contribution is 7.17. The van der Waals surface area contributed by atoms with E-state index >= 15 is 0 Å². The number of nitriles is 1. The molecule has 7 nitrogen and oxygen atoms in total. The minimum absolute atomic E-state index is 0.0887. The standard InChI is InChI=1S/C23H16ClN5O2S/c1-15-5-2-3-8-19(15)29(21-16(10-25)11-26-23-22(21)32-13-27-23)28(20-12-30-14-31-20)18-7-4-6-17(24)9-18/h2-9,11-13H,14H2,1H3. The number of fused-ring (bicyclic) bond motifs is 1. The van der Waals surface area contributed by atoms with Gasteiger partial charge >= 0.3 is 0 Å². The van der Waals surface area contributed by atoms with Crippen LogP contribution in [0.15, 0.2) is 72.4 Å². The zero-order chi connectivity index (χ0) is 22.1. The van der Waals surface area contributed by atoms with Crippen molar-refractivity contribution in [2.75, 3.05) is 16.8 Å². The summed E-state index contributed by atoms with van der Waals surface area (Å²) in [6, 6.07) is 17.6. The maximum absolute atomic E-state index is 10.00. The van der Waals surface area contributed by atoms with E-state index in [1.807, 2.05) is 59.4 Å². The first-order valence-electron chi connectivity index (χ1n) is 9.65. The summed E-state index contributed by atoms with van der Waals surface area (Å²) >= 11 is 7.77. The van der Waals surface area contributed by atoms with Crippen LogP contribution >= 0.6 is 22.9 Å². The van der Waals surface area contributed by atoms with Crippen molar-refractivity contribution >= 4 is 50.3 Å². The Morgan fingerprint density at radius 1 is 1.12 bits per heavy atom. The van der Waals surface area contributed by atoms with E-state index in [-0.39, 0.29) is 6.79 Å². The van der Waals surface area contributed by atoms with Gasteiger partial charge in [-0.3, -0.25) is 0 Å². The molecule has 9 heteroatoms. The Balaban J connectivity index is 1.86. The summed E-state index contributed by atoms with van der Waals surface area (Å²) in [6.45, 7) is 2.10. The smallest absolute Gasteiger partial charge is 0.252 e. The average Bonchev–Trinajstić information content (AvgIpc) is 3.50. The van der Waals surface area contributed by atoms with Gasteiger partial charge in [0.1, 0.15) is 22.7 Å². The number of thiazole rings is 1. The van der Waals surface area contributed by atoms with Gasteiger partial charge in [0, 0.05) is 11.2 Å². The number of nitrogens with zero attached hydrogens (tertiary/aromatic N) is 5. The number of hydrazine groups is 1. The number of benzene rings is 2. The molecule has 0 N–H and O–H groups in total. The predicted octanol–water partition coefficient (Wildman–Crippen LogP) is 5.89. The normalized spacial score (nSPS) is 12.6. The fourth-order valence-electron chi connectivity index (χ4n) is 3.52. The van der Waals surface area contributed by atoms with E-state index in [2.05, 4.69) is 16.0 Å². The third-order valence-electron chi connectivity index (χ3n) is 4.93. The highest BCUT2D eigenvalue weighted by atomic mass is 35.5. The molecule has 0 unspecified atom stereocenters. The highest BCUT2D eigenvalue weighted by Crippen LogP contribution is 2.42. The predicted molar refractivity (Wildman–Crippen MR) is 124 cm³/mol. The van der Waals surface area contributed by atoms with Gasteiger partial charge in [0.25, 0.3) is 5.88 Å². The second-order valence-corrected chi connectivity index (χ2v) is 8.20. The number of aromatic nitrogens is 2. The number of hydrogen-bond donors (Lipinski definition) is 0. The lowest BCUT2D eigenvalue weighted by Gasteiger charge is -2.38. The van der Waals surface area contributed by atoms with E-state index in [0.717, 1.165) is 21.6 Å². The molecule has 0 aliphatic carbocycles. The lowest BCUT2D eigenvalue weighted by atomic mass is 10.1. The third kappa shape index (κ3) is 3.47. The quantitative estimate of drug-likeness (QED) is 0.343. The first-order valence-corrected chi connectivity index (χ1v) is 10.9. The molecule has 0 amide bonds.